The highest BCUT2D eigenvalue weighted by molar-refractivity contribution is 7.92. The number of hydrogen-bond acceptors (Lipinski definition) is 5. The highest BCUT2D eigenvalue weighted by Gasteiger charge is 2.21. The van der Waals surface area contributed by atoms with Crippen molar-refractivity contribution in [2.75, 3.05) is 4.72 Å². The van der Waals surface area contributed by atoms with E-state index in [-0.39, 0.29) is 10.5 Å². The van der Waals surface area contributed by atoms with Gasteiger partial charge in [-0.25, -0.2) is 13.2 Å². The van der Waals surface area contributed by atoms with Crippen molar-refractivity contribution >= 4 is 27.6 Å². The van der Waals surface area contributed by atoms with E-state index in [0.717, 1.165) is 5.56 Å². The molecule has 0 saturated heterocycles. The molecule has 0 aromatic heterocycles. The number of carbonyl (C=O) groups excluding carboxylic acids is 2. The normalized spacial score (nSPS) is 12.3. The summed E-state index contributed by atoms with van der Waals surface area (Å²) in [6.45, 7) is 4.82. The molecular formula is C18H20N2O5S. The van der Waals surface area contributed by atoms with Crippen LogP contribution in [0.5, 0.6) is 0 Å². The van der Waals surface area contributed by atoms with E-state index in [2.05, 4.69) is 4.72 Å². The molecule has 1 atom stereocenters. The number of aryl methyl sites for hydroxylation is 2. The number of rotatable bonds is 6. The van der Waals surface area contributed by atoms with Gasteiger partial charge in [-0.1, -0.05) is 18.2 Å². The molecule has 3 N–H and O–H groups in total. The van der Waals surface area contributed by atoms with Crippen molar-refractivity contribution in [3.63, 3.8) is 0 Å². The van der Waals surface area contributed by atoms with Crippen LogP contribution in [0.4, 0.5) is 5.69 Å². The molecule has 2 aromatic carbocycles. The van der Waals surface area contributed by atoms with Crippen LogP contribution in [0.2, 0.25) is 0 Å². The fourth-order valence-electron chi connectivity index (χ4n) is 2.19. The van der Waals surface area contributed by atoms with Gasteiger partial charge in [0, 0.05) is 5.69 Å². The Balaban J connectivity index is 2.33. The number of amides is 1. The van der Waals surface area contributed by atoms with Gasteiger partial charge in [0.1, 0.15) is 0 Å². The summed E-state index contributed by atoms with van der Waals surface area (Å²) in [7, 11) is -3.90. The van der Waals surface area contributed by atoms with E-state index in [1.165, 1.54) is 25.1 Å². The Labute approximate surface area is 152 Å². The molecule has 7 nitrogen and oxygen atoms in total. The topological polar surface area (TPSA) is 116 Å². The molecule has 0 fully saturated rings. The molecular weight excluding hydrogens is 356 g/mol. The fraction of sp³-hybridized carbons (Fsp3) is 0.222. The number of ether oxygens (including phenoxy) is 1. The Morgan fingerprint density at radius 1 is 1.12 bits per heavy atom. The minimum atomic E-state index is -3.90. The van der Waals surface area contributed by atoms with E-state index in [9.17, 15) is 18.0 Å². The molecule has 2 rings (SSSR count). The predicted molar refractivity (Wildman–Crippen MR) is 97.2 cm³/mol. The van der Waals surface area contributed by atoms with Crippen molar-refractivity contribution in [2.45, 2.75) is 31.8 Å². The van der Waals surface area contributed by atoms with E-state index < -0.39 is 28.0 Å². The quantitative estimate of drug-likeness (QED) is 0.749. The Morgan fingerprint density at radius 3 is 2.42 bits per heavy atom. The molecule has 138 valence electrons. The van der Waals surface area contributed by atoms with Crippen molar-refractivity contribution in [3.05, 3.63) is 59.2 Å². The molecule has 2 aromatic rings. The van der Waals surface area contributed by atoms with Gasteiger partial charge in [-0.3, -0.25) is 9.52 Å². The van der Waals surface area contributed by atoms with Crippen molar-refractivity contribution in [1.29, 1.82) is 0 Å². The maximum atomic E-state index is 12.6. The number of nitrogens with one attached hydrogen (secondary N) is 1. The number of benzene rings is 2. The van der Waals surface area contributed by atoms with Crippen LogP contribution in [0, 0.1) is 13.8 Å². The third kappa shape index (κ3) is 4.60. The van der Waals surface area contributed by atoms with Gasteiger partial charge in [-0.15, -0.1) is 0 Å². The smallest absolute Gasteiger partial charge is 0.339 e. The van der Waals surface area contributed by atoms with Crippen LogP contribution in [-0.2, 0) is 19.6 Å². The summed E-state index contributed by atoms with van der Waals surface area (Å²) in [5.41, 5.74) is 6.95. The molecule has 0 saturated carbocycles. The second-order valence-electron chi connectivity index (χ2n) is 5.90. The third-order valence-electron chi connectivity index (χ3n) is 3.69. The zero-order valence-corrected chi connectivity index (χ0v) is 15.5. The van der Waals surface area contributed by atoms with Gasteiger partial charge < -0.3 is 10.5 Å². The summed E-state index contributed by atoms with van der Waals surface area (Å²) in [6.07, 6.45) is -1.12. The lowest BCUT2D eigenvalue weighted by atomic mass is 10.1. The average Bonchev–Trinajstić information content (AvgIpc) is 2.54. The van der Waals surface area contributed by atoms with Crippen LogP contribution in [0.25, 0.3) is 0 Å². The second-order valence-corrected chi connectivity index (χ2v) is 7.58. The molecule has 26 heavy (non-hydrogen) atoms. The first-order chi connectivity index (χ1) is 12.1. The van der Waals surface area contributed by atoms with E-state index >= 15 is 0 Å². The second kappa shape index (κ2) is 7.57. The first-order valence-corrected chi connectivity index (χ1v) is 9.29. The van der Waals surface area contributed by atoms with Gasteiger partial charge in [0.05, 0.1) is 10.5 Å². The number of primary amides is 1. The van der Waals surface area contributed by atoms with Gasteiger partial charge in [-0.05, 0) is 56.2 Å². The van der Waals surface area contributed by atoms with Crippen LogP contribution in [0.3, 0.4) is 0 Å². The minimum Gasteiger partial charge on any atom is -0.449 e. The maximum Gasteiger partial charge on any atom is 0.339 e. The summed E-state index contributed by atoms with van der Waals surface area (Å²) in [4.78, 5) is 23.2. The highest BCUT2D eigenvalue weighted by Crippen LogP contribution is 2.21. The van der Waals surface area contributed by atoms with Gasteiger partial charge >= 0.3 is 5.97 Å². The van der Waals surface area contributed by atoms with E-state index in [1.807, 2.05) is 13.0 Å². The van der Waals surface area contributed by atoms with Crippen molar-refractivity contribution in [2.24, 2.45) is 5.73 Å². The number of carbonyl (C=O) groups is 2. The number of hydrogen-bond donors (Lipinski definition) is 2. The molecule has 1 amide bonds. The molecule has 0 bridgehead atoms. The number of anilines is 1. The Hall–Kier alpha value is -2.87. The highest BCUT2D eigenvalue weighted by atomic mass is 32.2. The lowest BCUT2D eigenvalue weighted by molar-refractivity contribution is -0.125. The first-order valence-electron chi connectivity index (χ1n) is 7.80. The van der Waals surface area contributed by atoms with Crippen molar-refractivity contribution in [3.8, 4) is 0 Å². The van der Waals surface area contributed by atoms with Crippen molar-refractivity contribution in [1.82, 2.24) is 0 Å². The molecule has 0 radical (unpaired) electrons. The van der Waals surface area contributed by atoms with Gasteiger partial charge in [0.2, 0.25) is 0 Å². The zero-order valence-electron chi connectivity index (χ0n) is 14.6. The number of sulfonamides is 1. The van der Waals surface area contributed by atoms with Gasteiger partial charge in [0.25, 0.3) is 15.9 Å². The van der Waals surface area contributed by atoms with Crippen LogP contribution >= 0.6 is 0 Å². The predicted octanol–water partition coefficient (Wildman–Crippen LogP) is 2.13. The van der Waals surface area contributed by atoms with E-state index in [0.29, 0.717) is 11.3 Å². The van der Waals surface area contributed by atoms with E-state index in [1.54, 1.807) is 25.1 Å². The molecule has 8 heteroatoms. The molecule has 0 aliphatic heterocycles. The number of nitrogens with two attached hydrogens (primary N) is 1. The Kier molecular flexibility index (Phi) is 5.66. The van der Waals surface area contributed by atoms with Gasteiger partial charge in [0.15, 0.2) is 6.10 Å². The monoisotopic (exact) mass is 376 g/mol. The number of esters is 1. The molecule has 0 aliphatic rings. The summed E-state index contributed by atoms with van der Waals surface area (Å²) in [5.74, 6) is -1.61. The molecule has 0 heterocycles. The van der Waals surface area contributed by atoms with E-state index in [4.69, 9.17) is 10.5 Å². The summed E-state index contributed by atoms with van der Waals surface area (Å²) in [6, 6.07) is 11.0. The lowest BCUT2D eigenvalue weighted by Crippen LogP contribution is -2.30. The first kappa shape index (κ1) is 19.5. The Morgan fingerprint density at radius 2 is 1.81 bits per heavy atom. The SMILES string of the molecule is Cc1cccc(NS(=O)(=O)c2ccc(C)c(C(=O)OC(C)C(N)=O)c2)c1. The molecule has 0 spiro atoms. The minimum absolute atomic E-state index is 0.0465. The zero-order chi connectivity index (χ0) is 19.5. The van der Waals surface area contributed by atoms with Crippen LogP contribution < -0.4 is 10.5 Å². The lowest BCUT2D eigenvalue weighted by Gasteiger charge is -2.13. The van der Waals surface area contributed by atoms with Gasteiger partial charge in [-0.2, -0.15) is 0 Å². The largest absolute Gasteiger partial charge is 0.449 e. The summed E-state index contributed by atoms with van der Waals surface area (Å²) in [5, 5.41) is 0. The average molecular weight is 376 g/mol. The molecule has 0 aliphatic carbocycles. The van der Waals surface area contributed by atoms with Crippen LogP contribution in [0.15, 0.2) is 47.4 Å². The standard InChI is InChI=1S/C18H20N2O5S/c1-11-5-4-6-14(9-11)20-26(23,24)15-8-7-12(2)16(10-15)18(22)25-13(3)17(19)21/h4-10,13,20H,1-3H3,(H2,19,21). The Bertz CT molecular complexity index is 954. The molecule has 1 unspecified atom stereocenters. The summed E-state index contributed by atoms with van der Waals surface area (Å²) >= 11 is 0. The summed E-state index contributed by atoms with van der Waals surface area (Å²) < 4.78 is 32.6. The third-order valence-corrected chi connectivity index (χ3v) is 5.07. The van der Waals surface area contributed by atoms with Crippen molar-refractivity contribution < 1.29 is 22.7 Å². The van der Waals surface area contributed by atoms with Crippen LogP contribution in [-0.4, -0.2) is 26.4 Å². The maximum absolute atomic E-state index is 12.6. The van der Waals surface area contributed by atoms with Crippen LogP contribution in [0.1, 0.15) is 28.4 Å². The fourth-order valence-corrected chi connectivity index (χ4v) is 3.27.